The SMILES string of the molecule is CO[Te](F)(F)(F)(F)O[Si](C)(C)C. The summed E-state index contributed by atoms with van der Waals surface area (Å²) in [5.41, 5.74) is 0. The Morgan fingerprint density at radius 3 is 1.42 bits per heavy atom. The van der Waals surface area contributed by atoms with E-state index in [0.717, 1.165) is 0 Å². The van der Waals surface area contributed by atoms with Crippen molar-refractivity contribution in [1.29, 1.82) is 0 Å². The summed E-state index contributed by atoms with van der Waals surface area (Å²) in [5.74, 6) is 0. The summed E-state index contributed by atoms with van der Waals surface area (Å²) >= 11 is -9.47. The Kier molecular flexibility index (Phi) is 2.49. The van der Waals surface area contributed by atoms with Crippen LogP contribution in [-0.4, -0.2) is 34.0 Å². The van der Waals surface area contributed by atoms with Crippen molar-refractivity contribution in [3.05, 3.63) is 0 Å². The molecule has 0 spiro atoms. The van der Waals surface area contributed by atoms with Crippen molar-refractivity contribution in [3.63, 3.8) is 0 Å². The third-order valence-electron chi connectivity index (χ3n) is 0.730. The molecule has 0 aromatic heterocycles. The van der Waals surface area contributed by atoms with Crippen LogP contribution >= 0.6 is 0 Å². The van der Waals surface area contributed by atoms with Crippen LogP contribution in [0.25, 0.3) is 0 Å². The monoisotopic (exact) mass is 326 g/mol. The first-order valence-electron chi connectivity index (χ1n) is 3.06. The molecule has 0 aliphatic heterocycles. The second kappa shape index (κ2) is 2.36. The van der Waals surface area contributed by atoms with Gasteiger partial charge in [-0.3, -0.25) is 0 Å². The van der Waals surface area contributed by atoms with E-state index in [1.165, 1.54) is 19.6 Å². The van der Waals surface area contributed by atoms with E-state index in [2.05, 4.69) is 5.89 Å². The predicted molar refractivity (Wildman–Crippen MR) is 41.6 cm³/mol. The molecule has 0 aromatic carbocycles. The third kappa shape index (κ3) is 5.32. The molecule has 2 nitrogen and oxygen atoms in total. The van der Waals surface area contributed by atoms with Crippen LogP contribution in [0, 0.1) is 0 Å². The minimum absolute atomic E-state index is 0.269. The molecule has 78 valence electrons. The van der Waals surface area contributed by atoms with Crippen LogP contribution in [0.2, 0.25) is 19.6 Å². The Morgan fingerprint density at radius 2 is 1.33 bits per heavy atom. The summed E-state index contributed by atoms with van der Waals surface area (Å²) in [6.07, 6.45) is 0. The van der Waals surface area contributed by atoms with Crippen LogP contribution in [0.5, 0.6) is 0 Å². The Morgan fingerprint density at radius 1 is 1.00 bits per heavy atom. The van der Waals surface area contributed by atoms with E-state index in [1.807, 2.05) is 0 Å². The Balaban J connectivity index is 4.85. The summed E-state index contributed by atoms with van der Waals surface area (Å²) < 4.78 is 56.5. The van der Waals surface area contributed by atoms with Gasteiger partial charge in [0.25, 0.3) is 0 Å². The molecule has 0 aromatic rings. The average molecular weight is 324 g/mol. The fourth-order valence-electron chi connectivity index (χ4n) is 0.514. The average Bonchev–Trinajstić information content (AvgIpc) is 1.55. The van der Waals surface area contributed by atoms with Crippen molar-refractivity contribution >= 4 is 26.8 Å². The Labute approximate surface area is 71.3 Å². The second-order valence-corrected chi connectivity index (χ2v) is 15.3. The quantitative estimate of drug-likeness (QED) is 0.587. The van der Waals surface area contributed by atoms with E-state index in [1.54, 1.807) is 0 Å². The van der Waals surface area contributed by atoms with Crippen molar-refractivity contribution in [2.75, 3.05) is 7.11 Å². The van der Waals surface area contributed by atoms with E-state index in [0.29, 0.717) is 0 Å². The molecule has 8 heteroatoms. The first-order valence-corrected chi connectivity index (χ1v) is 11.9. The molecule has 0 rings (SSSR count). The first-order chi connectivity index (χ1) is 4.77. The number of rotatable bonds is 3. The summed E-state index contributed by atoms with van der Waals surface area (Å²) in [6, 6.07) is 0. The summed E-state index contributed by atoms with van der Waals surface area (Å²) in [6.45, 7) is 3.73. The molecule has 0 amide bonds. The molecule has 12 heavy (non-hydrogen) atoms. The molecule has 0 unspecified atom stereocenters. The van der Waals surface area contributed by atoms with E-state index in [4.69, 9.17) is 0 Å². The number of hydrogen-bond acceptors (Lipinski definition) is 2. The fraction of sp³-hybridized carbons (Fsp3) is 1.00. The number of hydrogen-bond donors (Lipinski definition) is 0. The van der Waals surface area contributed by atoms with Gasteiger partial charge in [-0.2, -0.15) is 0 Å². The Bertz CT molecular complexity index is 192. The molecule has 0 saturated carbocycles. The molecule has 0 atom stereocenters. The maximum atomic E-state index is 12.5. The minimum atomic E-state index is -9.47. The van der Waals surface area contributed by atoms with Crippen LogP contribution in [0.4, 0.5) is 11.6 Å². The molecular formula is C4H12F4O2SiTe. The van der Waals surface area contributed by atoms with Crippen LogP contribution in [0.1, 0.15) is 0 Å². The zero-order chi connectivity index (χ0) is 10.3. The van der Waals surface area contributed by atoms with E-state index in [-0.39, 0.29) is 7.11 Å². The van der Waals surface area contributed by atoms with Crippen molar-refractivity contribution in [2.24, 2.45) is 0 Å². The molecule has 0 heterocycles. The zero-order valence-corrected chi connectivity index (χ0v) is 10.6. The topological polar surface area (TPSA) is 18.5 Å². The van der Waals surface area contributed by atoms with Crippen molar-refractivity contribution in [1.82, 2.24) is 0 Å². The van der Waals surface area contributed by atoms with Gasteiger partial charge in [0.05, 0.1) is 0 Å². The molecule has 0 aliphatic rings. The van der Waals surface area contributed by atoms with Crippen molar-refractivity contribution in [2.45, 2.75) is 19.6 Å². The molecule has 0 aliphatic carbocycles. The zero-order valence-electron chi connectivity index (χ0n) is 7.24. The van der Waals surface area contributed by atoms with Crippen LogP contribution < -0.4 is 0 Å². The van der Waals surface area contributed by atoms with Gasteiger partial charge in [-0.05, 0) is 0 Å². The maximum absolute atomic E-state index is 12.5. The Hall–Kier alpha value is 0.646. The predicted octanol–water partition coefficient (Wildman–Crippen LogP) is 2.70. The molecule has 0 saturated heterocycles. The van der Waals surface area contributed by atoms with Gasteiger partial charge >= 0.3 is 71.1 Å². The summed E-state index contributed by atoms with van der Waals surface area (Å²) in [4.78, 5) is 0. The van der Waals surface area contributed by atoms with E-state index in [9.17, 15) is 11.6 Å². The molecule has 0 fully saturated rings. The van der Waals surface area contributed by atoms with Gasteiger partial charge in [-0.15, -0.1) is 0 Å². The van der Waals surface area contributed by atoms with Crippen LogP contribution in [0.3, 0.4) is 0 Å². The van der Waals surface area contributed by atoms with E-state index >= 15 is 0 Å². The van der Waals surface area contributed by atoms with E-state index < -0.39 is 26.8 Å². The fourth-order valence-corrected chi connectivity index (χ4v) is 10.3. The van der Waals surface area contributed by atoms with Crippen LogP contribution in [0.15, 0.2) is 0 Å². The summed E-state index contributed by atoms with van der Waals surface area (Å²) in [7, 11) is -2.73. The van der Waals surface area contributed by atoms with Gasteiger partial charge in [0.2, 0.25) is 0 Å². The van der Waals surface area contributed by atoms with Gasteiger partial charge in [0.1, 0.15) is 0 Å². The van der Waals surface area contributed by atoms with Gasteiger partial charge in [-0.1, -0.05) is 0 Å². The second-order valence-electron chi connectivity index (χ2n) is 3.28. The summed E-state index contributed by atoms with van der Waals surface area (Å²) in [5, 5.41) is 0. The number of halogens is 4. The van der Waals surface area contributed by atoms with Gasteiger partial charge in [0.15, 0.2) is 0 Å². The first kappa shape index (κ1) is 12.6. The molecule has 0 bridgehead atoms. The molecular weight excluding hydrogens is 312 g/mol. The van der Waals surface area contributed by atoms with Crippen molar-refractivity contribution < 1.29 is 17.5 Å². The standard InChI is InChI=1S/C4H12F4O2SiTe/c1-9-12(5,6,7,8)10-11(2,3)4/h1-4H3. The molecule has 0 radical (unpaired) electrons. The molecule has 0 N–H and O–H groups in total. The van der Waals surface area contributed by atoms with Gasteiger partial charge in [-0.25, -0.2) is 0 Å². The third-order valence-corrected chi connectivity index (χ3v) is 10.4. The normalized spacial score (nSPS) is 20.0. The van der Waals surface area contributed by atoms with Crippen molar-refractivity contribution in [3.8, 4) is 0 Å². The van der Waals surface area contributed by atoms with Gasteiger partial charge < -0.3 is 0 Å². The van der Waals surface area contributed by atoms with Crippen LogP contribution in [-0.2, 0) is 5.89 Å². The van der Waals surface area contributed by atoms with Gasteiger partial charge in [0, 0.05) is 0 Å².